The highest BCUT2D eigenvalue weighted by Gasteiger charge is 2.26. The smallest absolute Gasteiger partial charge is 0.242 e. The first-order valence-electron chi connectivity index (χ1n) is 10.3. The Labute approximate surface area is 201 Å². The molecule has 0 radical (unpaired) electrons. The van der Waals surface area contributed by atoms with E-state index < -0.39 is 10.0 Å². The quantitative estimate of drug-likeness (QED) is 0.343. The molecule has 10 nitrogen and oxygen atoms in total. The van der Waals surface area contributed by atoms with Gasteiger partial charge in [-0.1, -0.05) is 23.5 Å². The van der Waals surface area contributed by atoms with E-state index in [9.17, 15) is 8.42 Å². The fourth-order valence-electron chi connectivity index (χ4n) is 3.48. The van der Waals surface area contributed by atoms with Crippen molar-refractivity contribution in [3.05, 3.63) is 58.4 Å². The lowest BCUT2D eigenvalue weighted by Gasteiger charge is -2.17. The van der Waals surface area contributed by atoms with Gasteiger partial charge in [0.2, 0.25) is 15.0 Å². The third kappa shape index (κ3) is 4.56. The molecule has 0 spiro atoms. The molecule has 0 saturated carbocycles. The predicted molar refractivity (Wildman–Crippen MR) is 128 cm³/mol. The monoisotopic (exact) mass is 503 g/mol. The van der Waals surface area contributed by atoms with Gasteiger partial charge in [-0.15, -0.1) is 10.2 Å². The molecule has 0 aliphatic carbocycles. The molecule has 12 heteroatoms. The van der Waals surface area contributed by atoms with E-state index in [4.69, 9.17) is 14.2 Å². The molecular weight excluding hydrogens is 478 g/mol. The molecule has 0 bridgehead atoms. The van der Waals surface area contributed by atoms with E-state index >= 15 is 0 Å². The SMILES string of the molecule is COc1cccc(Cc2nn3c(Cc4cc(OC)c(OC)cc4S(=O)(=O)N(C)C)nnc3s2)c1. The standard InChI is InChI=1S/C22H25N5O5S2/c1-26(2)34(28,29)19-13-18(32-5)17(31-4)11-15(19)12-20-23-24-22-27(20)25-21(33-22)10-14-7-6-8-16(9-14)30-3/h6-9,11,13H,10,12H2,1-5H3. The Kier molecular flexibility index (Phi) is 6.73. The van der Waals surface area contributed by atoms with Crippen molar-refractivity contribution in [2.45, 2.75) is 17.7 Å². The Hall–Kier alpha value is -3.22. The summed E-state index contributed by atoms with van der Waals surface area (Å²) in [5, 5.41) is 14.0. The van der Waals surface area contributed by atoms with Gasteiger partial charge in [0.25, 0.3) is 0 Å². The molecule has 4 aromatic rings. The van der Waals surface area contributed by atoms with Crippen molar-refractivity contribution in [3.8, 4) is 17.2 Å². The molecule has 0 N–H and O–H groups in total. The van der Waals surface area contributed by atoms with Gasteiger partial charge in [-0.05, 0) is 29.3 Å². The Morgan fingerprint density at radius 2 is 1.71 bits per heavy atom. The summed E-state index contributed by atoms with van der Waals surface area (Å²) >= 11 is 1.43. The third-order valence-corrected chi connectivity index (χ3v) is 8.06. The summed E-state index contributed by atoms with van der Waals surface area (Å²) in [6, 6.07) is 10.9. The highest BCUT2D eigenvalue weighted by atomic mass is 32.2. The molecule has 0 atom stereocenters. The van der Waals surface area contributed by atoms with Crippen LogP contribution < -0.4 is 14.2 Å². The first kappa shape index (κ1) is 23.9. The first-order chi connectivity index (χ1) is 16.3. The van der Waals surface area contributed by atoms with Gasteiger partial charge in [-0.25, -0.2) is 12.7 Å². The molecule has 34 heavy (non-hydrogen) atoms. The minimum atomic E-state index is -3.75. The van der Waals surface area contributed by atoms with E-state index in [1.54, 1.807) is 17.7 Å². The lowest BCUT2D eigenvalue weighted by atomic mass is 10.1. The second-order valence-corrected chi connectivity index (χ2v) is 10.8. The average molecular weight is 504 g/mol. The number of fused-ring (bicyclic) bond motifs is 1. The van der Waals surface area contributed by atoms with E-state index in [1.165, 1.54) is 45.7 Å². The number of hydrogen-bond donors (Lipinski definition) is 0. The van der Waals surface area contributed by atoms with Gasteiger partial charge in [-0.2, -0.15) is 9.61 Å². The molecule has 0 amide bonds. The van der Waals surface area contributed by atoms with Crippen LogP contribution in [0.1, 0.15) is 22.0 Å². The van der Waals surface area contributed by atoms with E-state index in [1.807, 2.05) is 24.3 Å². The van der Waals surface area contributed by atoms with Gasteiger partial charge in [0, 0.05) is 33.0 Å². The summed E-state index contributed by atoms with van der Waals surface area (Å²) in [7, 11) is 3.81. The Bertz CT molecular complexity index is 1430. The van der Waals surface area contributed by atoms with Crippen molar-refractivity contribution >= 4 is 26.3 Å². The van der Waals surface area contributed by atoms with E-state index in [-0.39, 0.29) is 11.3 Å². The first-order valence-corrected chi connectivity index (χ1v) is 12.5. The van der Waals surface area contributed by atoms with Gasteiger partial charge < -0.3 is 14.2 Å². The van der Waals surface area contributed by atoms with Crippen molar-refractivity contribution in [1.29, 1.82) is 0 Å². The van der Waals surface area contributed by atoms with Gasteiger partial charge in [-0.3, -0.25) is 0 Å². The lowest BCUT2D eigenvalue weighted by Crippen LogP contribution is -2.23. The number of nitrogens with zero attached hydrogens (tertiary/aromatic N) is 5. The summed E-state index contributed by atoms with van der Waals surface area (Å²) < 4.78 is 44.9. The van der Waals surface area contributed by atoms with Crippen LogP contribution in [0.5, 0.6) is 17.2 Å². The Balaban J connectivity index is 1.72. The molecule has 0 fully saturated rings. The topological polar surface area (TPSA) is 108 Å². The maximum absolute atomic E-state index is 13.0. The average Bonchev–Trinajstić information content (AvgIpc) is 3.39. The summed E-state index contributed by atoms with van der Waals surface area (Å²) in [6.07, 6.45) is 0.799. The second kappa shape index (κ2) is 9.57. The molecule has 0 aliphatic heterocycles. The molecule has 2 aromatic heterocycles. The van der Waals surface area contributed by atoms with Crippen molar-refractivity contribution < 1.29 is 22.6 Å². The third-order valence-electron chi connectivity index (χ3n) is 5.26. The van der Waals surface area contributed by atoms with Crippen molar-refractivity contribution in [1.82, 2.24) is 24.1 Å². The van der Waals surface area contributed by atoms with Crippen LogP contribution in [0.25, 0.3) is 4.96 Å². The van der Waals surface area contributed by atoms with Gasteiger partial charge in [0.05, 0.1) is 26.2 Å². The number of aromatic nitrogens is 4. The number of benzene rings is 2. The number of sulfonamides is 1. The number of hydrogen-bond acceptors (Lipinski definition) is 9. The molecule has 180 valence electrons. The van der Waals surface area contributed by atoms with E-state index in [0.717, 1.165) is 20.6 Å². The Morgan fingerprint density at radius 1 is 0.971 bits per heavy atom. The predicted octanol–water partition coefficient (Wildman–Crippen LogP) is 2.64. The normalized spacial score (nSPS) is 11.8. The highest BCUT2D eigenvalue weighted by Crippen LogP contribution is 2.34. The second-order valence-electron chi connectivity index (χ2n) is 7.61. The Morgan fingerprint density at radius 3 is 2.38 bits per heavy atom. The van der Waals surface area contributed by atoms with Crippen molar-refractivity contribution in [2.24, 2.45) is 0 Å². The molecule has 2 aromatic carbocycles. The van der Waals surface area contributed by atoms with Crippen LogP contribution in [-0.2, 0) is 22.9 Å². The number of rotatable bonds is 9. The minimum Gasteiger partial charge on any atom is -0.497 e. The fourth-order valence-corrected chi connectivity index (χ4v) is 5.48. The fraction of sp³-hybridized carbons (Fsp3) is 0.318. The van der Waals surface area contributed by atoms with Crippen LogP contribution in [0, 0.1) is 0 Å². The molecule has 2 heterocycles. The summed E-state index contributed by atoms with van der Waals surface area (Å²) in [4.78, 5) is 0.740. The molecule has 0 aliphatic rings. The van der Waals surface area contributed by atoms with Crippen molar-refractivity contribution in [3.63, 3.8) is 0 Å². The van der Waals surface area contributed by atoms with Gasteiger partial charge >= 0.3 is 0 Å². The van der Waals surface area contributed by atoms with Crippen LogP contribution in [0.2, 0.25) is 0 Å². The van der Waals surface area contributed by atoms with Gasteiger partial charge in [0.15, 0.2) is 17.3 Å². The number of methoxy groups -OCH3 is 3. The van der Waals surface area contributed by atoms with Crippen LogP contribution in [-0.4, -0.2) is 68.0 Å². The maximum atomic E-state index is 13.0. The number of ether oxygens (including phenoxy) is 3. The summed E-state index contributed by atoms with van der Waals surface area (Å²) in [6.45, 7) is 0. The highest BCUT2D eigenvalue weighted by molar-refractivity contribution is 7.89. The van der Waals surface area contributed by atoms with Crippen molar-refractivity contribution in [2.75, 3.05) is 35.4 Å². The van der Waals surface area contributed by atoms with E-state index in [2.05, 4.69) is 15.3 Å². The molecule has 4 rings (SSSR count). The van der Waals surface area contributed by atoms with Crippen LogP contribution >= 0.6 is 11.3 Å². The maximum Gasteiger partial charge on any atom is 0.242 e. The van der Waals surface area contributed by atoms with E-state index in [0.29, 0.717) is 34.3 Å². The zero-order chi connectivity index (χ0) is 24.5. The molecule has 0 saturated heterocycles. The largest absolute Gasteiger partial charge is 0.497 e. The minimum absolute atomic E-state index is 0.110. The van der Waals surface area contributed by atoms with Crippen LogP contribution in [0.4, 0.5) is 0 Å². The lowest BCUT2D eigenvalue weighted by molar-refractivity contribution is 0.353. The van der Waals surface area contributed by atoms with Gasteiger partial charge in [0.1, 0.15) is 10.8 Å². The zero-order valence-corrected chi connectivity index (χ0v) is 21.1. The van der Waals surface area contributed by atoms with Crippen LogP contribution in [0.15, 0.2) is 41.3 Å². The van der Waals surface area contributed by atoms with Crippen LogP contribution in [0.3, 0.4) is 0 Å². The molecule has 0 unspecified atom stereocenters. The summed E-state index contributed by atoms with van der Waals surface area (Å²) in [5.41, 5.74) is 1.56. The summed E-state index contributed by atoms with van der Waals surface area (Å²) in [5.74, 6) is 2.05. The zero-order valence-electron chi connectivity index (χ0n) is 19.5. The molecular formula is C22H25N5O5S2.